The zero-order chi connectivity index (χ0) is 13.7. The smallest absolute Gasteiger partial charge is 0.127 e. The molecule has 19 heavy (non-hydrogen) atoms. The van der Waals surface area contributed by atoms with Crippen LogP contribution in [0.1, 0.15) is 31.0 Å². The zero-order valence-corrected chi connectivity index (χ0v) is 11.4. The van der Waals surface area contributed by atoms with Crippen molar-refractivity contribution < 1.29 is 4.39 Å². The second-order valence-corrected chi connectivity index (χ2v) is 5.00. The molecule has 100 valence electrons. The van der Waals surface area contributed by atoms with Crippen LogP contribution in [0, 0.1) is 5.82 Å². The maximum atomic E-state index is 13.7. The van der Waals surface area contributed by atoms with Crippen molar-refractivity contribution >= 4 is 0 Å². The molecule has 2 rings (SSSR count). The highest BCUT2D eigenvalue weighted by molar-refractivity contribution is 5.21. The summed E-state index contributed by atoms with van der Waals surface area (Å²) in [6.07, 6.45) is 0.944. The average molecular weight is 257 g/mol. The molecule has 1 nitrogen and oxygen atoms in total. The molecule has 0 aromatic heterocycles. The predicted molar refractivity (Wildman–Crippen MR) is 77.6 cm³/mol. The van der Waals surface area contributed by atoms with Gasteiger partial charge in [-0.05, 0) is 31.9 Å². The number of benzene rings is 2. The number of halogens is 1. The molecule has 0 aliphatic carbocycles. The number of nitrogens with one attached hydrogen (secondary N) is 1. The maximum absolute atomic E-state index is 13.7. The Labute approximate surface area is 114 Å². The summed E-state index contributed by atoms with van der Waals surface area (Å²) in [5.74, 6) is -0.144. The largest absolute Gasteiger partial charge is 0.307 e. The van der Waals surface area contributed by atoms with Crippen molar-refractivity contribution in [2.75, 3.05) is 0 Å². The number of hydrogen-bond acceptors (Lipinski definition) is 1. The Bertz CT molecular complexity index is 510. The molecule has 2 aromatic carbocycles. The van der Waals surface area contributed by atoms with Crippen LogP contribution < -0.4 is 5.32 Å². The third-order valence-electron chi connectivity index (χ3n) is 3.29. The molecule has 0 saturated carbocycles. The molecule has 0 heterocycles. The first kappa shape index (κ1) is 13.8. The molecule has 1 N–H and O–H groups in total. The summed E-state index contributed by atoms with van der Waals surface area (Å²) >= 11 is 0. The molecule has 0 aliphatic heterocycles. The SMILES string of the molecule is CC(Cc1ccccc1)N[C@H](C)c1ccccc1F. The van der Waals surface area contributed by atoms with Crippen molar-refractivity contribution in [1.29, 1.82) is 0 Å². The van der Waals surface area contributed by atoms with Gasteiger partial charge in [-0.1, -0.05) is 48.5 Å². The minimum atomic E-state index is -0.144. The van der Waals surface area contributed by atoms with Gasteiger partial charge in [-0.15, -0.1) is 0 Å². The van der Waals surface area contributed by atoms with Gasteiger partial charge in [0, 0.05) is 17.6 Å². The van der Waals surface area contributed by atoms with E-state index in [2.05, 4.69) is 24.4 Å². The lowest BCUT2D eigenvalue weighted by Gasteiger charge is -2.21. The van der Waals surface area contributed by atoms with Crippen molar-refractivity contribution in [3.8, 4) is 0 Å². The van der Waals surface area contributed by atoms with E-state index in [1.165, 1.54) is 11.6 Å². The molecular formula is C17H20FN. The van der Waals surface area contributed by atoms with Gasteiger partial charge in [0.25, 0.3) is 0 Å². The van der Waals surface area contributed by atoms with E-state index in [1.54, 1.807) is 6.07 Å². The molecule has 0 bridgehead atoms. The Morgan fingerprint density at radius 1 is 0.947 bits per heavy atom. The fourth-order valence-electron chi connectivity index (χ4n) is 2.37. The molecule has 0 spiro atoms. The Hall–Kier alpha value is -1.67. The molecular weight excluding hydrogens is 237 g/mol. The fraction of sp³-hybridized carbons (Fsp3) is 0.294. The van der Waals surface area contributed by atoms with Crippen LogP contribution in [0.5, 0.6) is 0 Å². The van der Waals surface area contributed by atoms with Crippen LogP contribution in [0.3, 0.4) is 0 Å². The quantitative estimate of drug-likeness (QED) is 0.850. The summed E-state index contributed by atoms with van der Waals surface area (Å²) in [7, 11) is 0. The third kappa shape index (κ3) is 3.90. The third-order valence-corrected chi connectivity index (χ3v) is 3.29. The highest BCUT2D eigenvalue weighted by atomic mass is 19.1. The molecule has 1 unspecified atom stereocenters. The summed E-state index contributed by atoms with van der Waals surface area (Å²) < 4.78 is 13.7. The molecule has 0 fully saturated rings. The Kier molecular flexibility index (Phi) is 4.69. The van der Waals surface area contributed by atoms with Gasteiger partial charge in [-0.3, -0.25) is 0 Å². The van der Waals surface area contributed by atoms with E-state index in [1.807, 2.05) is 37.3 Å². The standard InChI is InChI=1S/C17H20FN/c1-13(12-15-8-4-3-5-9-15)19-14(2)16-10-6-7-11-17(16)18/h3-11,13-14,19H,12H2,1-2H3/t13?,14-/m1/s1. The second-order valence-electron chi connectivity index (χ2n) is 5.00. The maximum Gasteiger partial charge on any atom is 0.127 e. The van der Waals surface area contributed by atoms with Crippen LogP contribution >= 0.6 is 0 Å². The first-order chi connectivity index (χ1) is 9.16. The van der Waals surface area contributed by atoms with Crippen LogP contribution in [0.15, 0.2) is 54.6 Å². The lowest BCUT2D eigenvalue weighted by molar-refractivity contribution is 0.460. The van der Waals surface area contributed by atoms with Gasteiger partial charge in [0.2, 0.25) is 0 Å². The number of hydrogen-bond donors (Lipinski definition) is 1. The van der Waals surface area contributed by atoms with Crippen LogP contribution in [-0.2, 0) is 6.42 Å². The normalized spacial score (nSPS) is 14.1. The van der Waals surface area contributed by atoms with E-state index in [0.717, 1.165) is 12.0 Å². The molecule has 0 saturated heterocycles. The lowest BCUT2D eigenvalue weighted by Crippen LogP contribution is -2.31. The minimum Gasteiger partial charge on any atom is -0.307 e. The van der Waals surface area contributed by atoms with Gasteiger partial charge >= 0.3 is 0 Å². The van der Waals surface area contributed by atoms with Crippen LogP contribution in [-0.4, -0.2) is 6.04 Å². The van der Waals surface area contributed by atoms with E-state index in [4.69, 9.17) is 0 Å². The first-order valence-corrected chi connectivity index (χ1v) is 6.71. The van der Waals surface area contributed by atoms with Crippen molar-refractivity contribution in [2.24, 2.45) is 0 Å². The van der Waals surface area contributed by atoms with E-state index >= 15 is 0 Å². The monoisotopic (exact) mass is 257 g/mol. The lowest BCUT2D eigenvalue weighted by atomic mass is 10.0. The zero-order valence-electron chi connectivity index (χ0n) is 11.4. The summed E-state index contributed by atoms with van der Waals surface area (Å²) in [6.45, 7) is 4.13. The van der Waals surface area contributed by atoms with Crippen LogP contribution in [0.2, 0.25) is 0 Å². The van der Waals surface area contributed by atoms with E-state index < -0.39 is 0 Å². The summed E-state index contributed by atoms with van der Waals surface area (Å²) in [5, 5.41) is 3.45. The molecule has 2 aromatic rings. The average Bonchev–Trinajstić information content (AvgIpc) is 2.40. The van der Waals surface area contributed by atoms with Gasteiger partial charge in [0.15, 0.2) is 0 Å². The van der Waals surface area contributed by atoms with Crippen molar-refractivity contribution in [2.45, 2.75) is 32.4 Å². The Morgan fingerprint density at radius 3 is 2.26 bits per heavy atom. The molecule has 0 amide bonds. The highest BCUT2D eigenvalue weighted by Crippen LogP contribution is 2.17. The van der Waals surface area contributed by atoms with Gasteiger partial charge in [0.05, 0.1) is 0 Å². The number of rotatable bonds is 5. The van der Waals surface area contributed by atoms with Gasteiger partial charge in [-0.2, -0.15) is 0 Å². The van der Waals surface area contributed by atoms with Crippen LogP contribution in [0.4, 0.5) is 4.39 Å². The highest BCUT2D eigenvalue weighted by Gasteiger charge is 2.12. The minimum absolute atomic E-state index is 0.0138. The Morgan fingerprint density at radius 2 is 1.58 bits per heavy atom. The van der Waals surface area contributed by atoms with Gasteiger partial charge in [-0.25, -0.2) is 4.39 Å². The molecule has 0 aliphatic rings. The van der Waals surface area contributed by atoms with E-state index in [0.29, 0.717) is 6.04 Å². The fourth-order valence-corrected chi connectivity index (χ4v) is 2.37. The topological polar surface area (TPSA) is 12.0 Å². The first-order valence-electron chi connectivity index (χ1n) is 6.71. The summed E-state index contributed by atoms with van der Waals surface area (Å²) in [5.41, 5.74) is 2.02. The summed E-state index contributed by atoms with van der Waals surface area (Å²) in [4.78, 5) is 0. The second kappa shape index (κ2) is 6.48. The molecule has 2 atom stereocenters. The predicted octanol–water partition coefficient (Wildman–Crippen LogP) is 4.11. The van der Waals surface area contributed by atoms with Crippen molar-refractivity contribution in [3.63, 3.8) is 0 Å². The van der Waals surface area contributed by atoms with Gasteiger partial charge < -0.3 is 5.32 Å². The van der Waals surface area contributed by atoms with Crippen molar-refractivity contribution in [1.82, 2.24) is 5.32 Å². The van der Waals surface area contributed by atoms with Crippen LogP contribution in [0.25, 0.3) is 0 Å². The van der Waals surface area contributed by atoms with E-state index in [9.17, 15) is 4.39 Å². The molecule has 0 radical (unpaired) electrons. The van der Waals surface area contributed by atoms with Crippen molar-refractivity contribution in [3.05, 3.63) is 71.5 Å². The molecule has 2 heteroatoms. The van der Waals surface area contributed by atoms with E-state index in [-0.39, 0.29) is 11.9 Å². The summed E-state index contributed by atoms with van der Waals surface area (Å²) in [6, 6.07) is 17.6. The van der Waals surface area contributed by atoms with Gasteiger partial charge in [0.1, 0.15) is 5.82 Å². The Balaban J connectivity index is 1.96.